The molecule has 1 aliphatic heterocycles. The zero-order valence-corrected chi connectivity index (χ0v) is 10.6. The molecule has 2 rings (SSSR count). The van der Waals surface area contributed by atoms with Crippen LogP contribution in [0.1, 0.15) is 39.0 Å². The number of ether oxygens (including phenoxy) is 1. The second-order valence-corrected chi connectivity index (χ2v) is 5.00. The summed E-state index contributed by atoms with van der Waals surface area (Å²) in [5, 5.41) is 3.40. The van der Waals surface area contributed by atoms with Crippen molar-refractivity contribution in [2.75, 3.05) is 32.8 Å². The fourth-order valence-corrected chi connectivity index (χ4v) is 3.04. The maximum atomic E-state index is 5.88. The number of fused-ring (bicyclic) bond motifs is 1. The monoisotopic (exact) mass is 226 g/mol. The van der Waals surface area contributed by atoms with E-state index in [2.05, 4.69) is 17.1 Å². The summed E-state index contributed by atoms with van der Waals surface area (Å²) < 4.78 is 5.88. The van der Waals surface area contributed by atoms with Gasteiger partial charge in [0.2, 0.25) is 0 Å². The molecule has 2 atom stereocenters. The Morgan fingerprint density at radius 3 is 3.06 bits per heavy atom. The number of nitrogens with zero attached hydrogens (tertiary/aromatic N) is 1. The second kappa shape index (κ2) is 6.58. The lowest BCUT2D eigenvalue weighted by Crippen LogP contribution is -2.53. The summed E-state index contributed by atoms with van der Waals surface area (Å²) in [5.74, 6) is 0. The largest absolute Gasteiger partial charge is 0.375 e. The van der Waals surface area contributed by atoms with Gasteiger partial charge in [-0.25, -0.2) is 0 Å². The van der Waals surface area contributed by atoms with Gasteiger partial charge in [0.15, 0.2) is 0 Å². The van der Waals surface area contributed by atoms with E-state index in [1.165, 1.54) is 38.6 Å². The van der Waals surface area contributed by atoms with Gasteiger partial charge in [-0.05, 0) is 38.9 Å². The Kier molecular flexibility index (Phi) is 5.07. The standard InChI is InChI=1S/C13H26N2O/c1-2-14-8-5-9-15-10-11-16-13-7-4-3-6-12(13)15/h12-14H,2-11H2,1H3. The Morgan fingerprint density at radius 2 is 2.19 bits per heavy atom. The first kappa shape index (κ1) is 12.3. The van der Waals surface area contributed by atoms with Crippen LogP contribution < -0.4 is 5.32 Å². The highest BCUT2D eigenvalue weighted by molar-refractivity contribution is 4.87. The van der Waals surface area contributed by atoms with E-state index in [-0.39, 0.29) is 0 Å². The Bertz CT molecular complexity index is 196. The van der Waals surface area contributed by atoms with Crippen molar-refractivity contribution in [1.29, 1.82) is 0 Å². The van der Waals surface area contributed by atoms with Gasteiger partial charge in [-0.15, -0.1) is 0 Å². The van der Waals surface area contributed by atoms with Gasteiger partial charge in [0.25, 0.3) is 0 Å². The van der Waals surface area contributed by atoms with Crippen LogP contribution in [0.5, 0.6) is 0 Å². The van der Waals surface area contributed by atoms with Crippen molar-refractivity contribution < 1.29 is 4.74 Å². The van der Waals surface area contributed by atoms with Crippen molar-refractivity contribution in [3.05, 3.63) is 0 Å². The highest BCUT2D eigenvalue weighted by Gasteiger charge is 2.33. The molecular formula is C13H26N2O. The van der Waals surface area contributed by atoms with Crippen molar-refractivity contribution in [2.24, 2.45) is 0 Å². The van der Waals surface area contributed by atoms with Crippen molar-refractivity contribution in [2.45, 2.75) is 51.2 Å². The van der Waals surface area contributed by atoms with Gasteiger partial charge in [-0.2, -0.15) is 0 Å². The molecule has 0 amide bonds. The third-order valence-electron chi connectivity index (χ3n) is 3.90. The molecule has 2 aliphatic rings. The Hall–Kier alpha value is -0.120. The highest BCUT2D eigenvalue weighted by atomic mass is 16.5. The Balaban J connectivity index is 1.74. The van der Waals surface area contributed by atoms with Gasteiger partial charge in [0, 0.05) is 12.6 Å². The normalized spacial score (nSPS) is 31.3. The van der Waals surface area contributed by atoms with Crippen molar-refractivity contribution >= 4 is 0 Å². The maximum absolute atomic E-state index is 5.88. The smallest absolute Gasteiger partial charge is 0.0730 e. The minimum absolute atomic E-state index is 0.543. The van der Waals surface area contributed by atoms with Gasteiger partial charge in [0.05, 0.1) is 12.7 Å². The van der Waals surface area contributed by atoms with Crippen molar-refractivity contribution in [3.8, 4) is 0 Å². The summed E-state index contributed by atoms with van der Waals surface area (Å²) in [5.41, 5.74) is 0. The van der Waals surface area contributed by atoms with E-state index in [0.29, 0.717) is 6.10 Å². The van der Waals surface area contributed by atoms with Crippen LogP contribution in [0.3, 0.4) is 0 Å². The van der Waals surface area contributed by atoms with Gasteiger partial charge >= 0.3 is 0 Å². The molecule has 2 unspecified atom stereocenters. The lowest BCUT2D eigenvalue weighted by atomic mass is 9.90. The average Bonchev–Trinajstić information content (AvgIpc) is 2.35. The number of rotatable bonds is 5. The van der Waals surface area contributed by atoms with Crippen LogP contribution in [0, 0.1) is 0 Å². The first-order chi connectivity index (χ1) is 7.92. The molecule has 3 nitrogen and oxygen atoms in total. The van der Waals surface area contributed by atoms with E-state index < -0.39 is 0 Å². The summed E-state index contributed by atoms with van der Waals surface area (Å²) in [6, 6.07) is 0.726. The van der Waals surface area contributed by atoms with Crippen LogP contribution in [-0.2, 0) is 4.74 Å². The summed E-state index contributed by atoms with van der Waals surface area (Å²) in [6.45, 7) is 7.76. The number of hydrogen-bond acceptors (Lipinski definition) is 3. The van der Waals surface area contributed by atoms with Crippen LogP contribution in [0.15, 0.2) is 0 Å². The molecule has 3 heteroatoms. The molecule has 94 valence electrons. The van der Waals surface area contributed by atoms with E-state index in [1.54, 1.807) is 0 Å². The molecule has 0 aromatic heterocycles. The van der Waals surface area contributed by atoms with E-state index in [0.717, 1.165) is 32.3 Å². The van der Waals surface area contributed by atoms with Gasteiger partial charge in [-0.3, -0.25) is 4.90 Å². The van der Waals surface area contributed by atoms with Crippen LogP contribution in [-0.4, -0.2) is 49.8 Å². The van der Waals surface area contributed by atoms with Crippen LogP contribution in [0.25, 0.3) is 0 Å². The van der Waals surface area contributed by atoms with Gasteiger partial charge < -0.3 is 10.1 Å². The summed E-state index contributed by atoms with van der Waals surface area (Å²) in [4.78, 5) is 2.67. The van der Waals surface area contributed by atoms with E-state index in [4.69, 9.17) is 4.74 Å². The topological polar surface area (TPSA) is 24.5 Å². The molecule has 1 heterocycles. The van der Waals surface area contributed by atoms with Crippen LogP contribution in [0.4, 0.5) is 0 Å². The lowest BCUT2D eigenvalue weighted by molar-refractivity contribution is -0.0880. The number of morpholine rings is 1. The minimum Gasteiger partial charge on any atom is -0.375 e. The minimum atomic E-state index is 0.543. The molecule has 16 heavy (non-hydrogen) atoms. The molecule has 0 aromatic rings. The number of nitrogens with one attached hydrogen (secondary N) is 1. The second-order valence-electron chi connectivity index (χ2n) is 5.00. The molecule has 0 aromatic carbocycles. The zero-order valence-electron chi connectivity index (χ0n) is 10.6. The van der Waals surface area contributed by atoms with Crippen molar-refractivity contribution in [1.82, 2.24) is 10.2 Å². The fourth-order valence-electron chi connectivity index (χ4n) is 3.04. The summed E-state index contributed by atoms with van der Waals surface area (Å²) in [7, 11) is 0. The molecule has 1 aliphatic carbocycles. The summed E-state index contributed by atoms with van der Waals surface area (Å²) >= 11 is 0. The molecular weight excluding hydrogens is 200 g/mol. The third-order valence-corrected chi connectivity index (χ3v) is 3.90. The maximum Gasteiger partial charge on any atom is 0.0730 e. The lowest BCUT2D eigenvalue weighted by Gasteiger charge is -2.43. The quantitative estimate of drug-likeness (QED) is 0.721. The van der Waals surface area contributed by atoms with Crippen molar-refractivity contribution in [3.63, 3.8) is 0 Å². The fraction of sp³-hybridized carbons (Fsp3) is 1.00. The van der Waals surface area contributed by atoms with E-state index >= 15 is 0 Å². The Labute approximate surface area is 99.5 Å². The van der Waals surface area contributed by atoms with Gasteiger partial charge in [-0.1, -0.05) is 19.8 Å². The average molecular weight is 226 g/mol. The molecule has 2 fully saturated rings. The Morgan fingerprint density at radius 1 is 1.31 bits per heavy atom. The molecule has 0 radical (unpaired) electrons. The first-order valence-electron chi connectivity index (χ1n) is 6.98. The predicted octanol–water partition coefficient (Wildman–Crippen LogP) is 1.63. The van der Waals surface area contributed by atoms with E-state index in [1.807, 2.05) is 0 Å². The zero-order chi connectivity index (χ0) is 11.2. The van der Waals surface area contributed by atoms with E-state index in [9.17, 15) is 0 Å². The SMILES string of the molecule is CCNCCCN1CCOC2CCCCC21. The van der Waals surface area contributed by atoms with Crippen LogP contribution in [0.2, 0.25) is 0 Å². The molecule has 1 saturated carbocycles. The number of hydrogen-bond donors (Lipinski definition) is 1. The van der Waals surface area contributed by atoms with Gasteiger partial charge in [0.1, 0.15) is 0 Å². The summed E-state index contributed by atoms with van der Waals surface area (Å²) in [6.07, 6.45) is 7.22. The molecule has 1 saturated heterocycles. The molecule has 0 bridgehead atoms. The molecule has 0 spiro atoms. The first-order valence-corrected chi connectivity index (χ1v) is 6.98. The highest BCUT2D eigenvalue weighted by Crippen LogP contribution is 2.28. The molecule has 1 N–H and O–H groups in total. The van der Waals surface area contributed by atoms with Crippen LogP contribution >= 0.6 is 0 Å². The third kappa shape index (κ3) is 3.19. The predicted molar refractivity (Wildman–Crippen MR) is 66.7 cm³/mol.